The van der Waals surface area contributed by atoms with Crippen molar-refractivity contribution in [1.82, 2.24) is 9.80 Å². The molecular formula is C26H27N3O3. The highest BCUT2D eigenvalue weighted by molar-refractivity contribution is 5.93. The average molecular weight is 430 g/mol. The Kier molecular flexibility index (Phi) is 5.44. The summed E-state index contributed by atoms with van der Waals surface area (Å²) in [4.78, 5) is 29.0. The maximum Gasteiger partial charge on any atom is 0.338 e. The zero-order valence-corrected chi connectivity index (χ0v) is 18.4. The smallest absolute Gasteiger partial charge is 0.338 e. The van der Waals surface area contributed by atoms with Crippen LogP contribution in [-0.4, -0.2) is 53.9 Å². The molecule has 6 nitrogen and oxygen atoms in total. The Labute approximate surface area is 188 Å². The van der Waals surface area contributed by atoms with E-state index in [0.29, 0.717) is 24.3 Å². The van der Waals surface area contributed by atoms with Crippen molar-refractivity contribution in [3.8, 4) is 6.07 Å². The van der Waals surface area contributed by atoms with Crippen LogP contribution in [0.25, 0.3) is 0 Å². The average Bonchev–Trinajstić information content (AvgIpc) is 3.19. The van der Waals surface area contributed by atoms with E-state index in [1.807, 2.05) is 24.3 Å². The van der Waals surface area contributed by atoms with Gasteiger partial charge in [0.2, 0.25) is 5.91 Å². The van der Waals surface area contributed by atoms with Gasteiger partial charge >= 0.3 is 5.97 Å². The van der Waals surface area contributed by atoms with E-state index in [1.165, 1.54) is 16.7 Å². The normalized spacial score (nSPS) is 20.5. The zero-order chi connectivity index (χ0) is 22.2. The van der Waals surface area contributed by atoms with Gasteiger partial charge in [-0.3, -0.25) is 9.69 Å². The third-order valence-corrected chi connectivity index (χ3v) is 7.29. The minimum absolute atomic E-state index is 0.211. The van der Waals surface area contributed by atoms with Gasteiger partial charge in [0.05, 0.1) is 23.7 Å². The van der Waals surface area contributed by atoms with Gasteiger partial charge in [-0.2, -0.15) is 5.26 Å². The molecule has 0 N–H and O–H groups in total. The fourth-order valence-corrected chi connectivity index (χ4v) is 5.33. The lowest BCUT2D eigenvalue weighted by molar-refractivity contribution is -0.138. The van der Waals surface area contributed by atoms with Crippen LogP contribution in [0.5, 0.6) is 0 Å². The fraction of sp³-hybridized carbons (Fsp3) is 0.423. The van der Waals surface area contributed by atoms with Crippen LogP contribution in [0.4, 0.5) is 0 Å². The predicted molar refractivity (Wildman–Crippen MR) is 119 cm³/mol. The van der Waals surface area contributed by atoms with E-state index in [1.54, 1.807) is 0 Å². The van der Waals surface area contributed by atoms with Crippen molar-refractivity contribution in [3.63, 3.8) is 0 Å². The Balaban J connectivity index is 1.18. The summed E-state index contributed by atoms with van der Waals surface area (Å²) in [6.07, 6.45) is 3.62. The van der Waals surface area contributed by atoms with Gasteiger partial charge in [-0.25, -0.2) is 4.79 Å². The molecule has 3 aliphatic rings. The molecule has 0 spiro atoms. The lowest BCUT2D eigenvalue weighted by Gasteiger charge is -2.41. The van der Waals surface area contributed by atoms with Crippen LogP contribution < -0.4 is 0 Å². The number of carbonyl (C=O) groups excluding carboxylic acids is 2. The SMILES string of the molecule is Cc1c(CCN2CCN(C3CCc4cc(C#N)ccc4C3)C(=O)C2)ccc2c1COC2=O. The van der Waals surface area contributed by atoms with Gasteiger partial charge in [0.15, 0.2) is 0 Å². The first-order chi connectivity index (χ1) is 15.5. The number of fused-ring (bicyclic) bond motifs is 2. The molecule has 2 aliphatic heterocycles. The minimum Gasteiger partial charge on any atom is -0.457 e. The molecule has 2 aromatic carbocycles. The second kappa shape index (κ2) is 8.40. The first-order valence-electron chi connectivity index (χ1n) is 11.4. The van der Waals surface area contributed by atoms with Crippen molar-refractivity contribution in [2.24, 2.45) is 0 Å². The zero-order valence-electron chi connectivity index (χ0n) is 18.4. The summed E-state index contributed by atoms with van der Waals surface area (Å²) in [5.74, 6) is -0.0183. The molecule has 164 valence electrons. The van der Waals surface area contributed by atoms with E-state index in [0.717, 1.165) is 56.4 Å². The number of hydrogen-bond donors (Lipinski definition) is 0. The standard InChI is InChI=1S/C26H27N3O3/c1-17-19(5-7-23-24(17)16-32-26(23)31)8-9-28-10-11-29(25(30)15-28)22-6-4-20-12-18(14-27)2-3-21(20)13-22/h2-3,5,7,12,22H,4,6,8-11,13,15-16H2,1H3. The third-order valence-electron chi connectivity index (χ3n) is 7.29. The van der Waals surface area contributed by atoms with Crippen LogP contribution >= 0.6 is 0 Å². The maximum absolute atomic E-state index is 13.0. The molecule has 32 heavy (non-hydrogen) atoms. The molecule has 1 fully saturated rings. The number of nitrogens with zero attached hydrogens (tertiary/aromatic N) is 3. The molecule has 5 rings (SSSR count). The van der Waals surface area contributed by atoms with E-state index in [4.69, 9.17) is 10.00 Å². The van der Waals surface area contributed by atoms with E-state index in [9.17, 15) is 9.59 Å². The largest absolute Gasteiger partial charge is 0.457 e. The fourth-order valence-electron chi connectivity index (χ4n) is 5.33. The molecule has 0 saturated carbocycles. The van der Waals surface area contributed by atoms with Crippen LogP contribution in [-0.2, 0) is 35.4 Å². The number of amides is 1. The number of nitriles is 1. The topological polar surface area (TPSA) is 73.6 Å². The molecule has 0 radical (unpaired) electrons. The van der Waals surface area contributed by atoms with Crippen molar-refractivity contribution < 1.29 is 14.3 Å². The molecule has 1 atom stereocenters. The molecule has 0 bridgehead atoms. The summed E-state index contributed by atoms with van der Waals surface area (Å²) in [6, 6.07) is 12.3. The second-order valence-corrected chi connectivity index (χ2v) is 9.06. The summed E-state index contributed by atoms with van der Waals surface area (Å²) < 4.78 is 5.16. The number of hydrogen-bond acceptors (Lipinski definition) is 5. The van der Waals surface area contributed by atoms with Gasteiger partial charge in [-0.15, -0.1) is 0 Å². The predicted octanol–water partition coefficient (Wildman–Crippen LogP) is 2.78. The van der Waals surface area contributed by atoms with Gasteiger partial charge in [0.25, 0.3) is 0 Å². The monoisotopic (exact) mass is 429 g/mol. The maximum atomic E-state index is 13.0. The van der Waals surface area contributed by atoms with E-state index in [2.05, 4.69) is 28.9 Å². The summed E-state index contributed by atoms with van der Waals surface area (Å²) in [7, 11) is 0. The molecular weight excluding hydrogens is 402 g/mol. The molecule has 6 heteroatoms. The lowest BCUT2D eigenvalue weighted by atomic mass is 9.86. The molecule has 1 unspecified atom stereocenters. The van der Waals surface area contributed by atoms with Gasteiger partial charge in [0.1, 0.15) is 6.61 Å². The van der Waals surface area contributed by atoms with Gasteiger partial charge < -0.3 is 9.64 Å². The Morgan fingerprint density at radius 1 is 1.16 bits per heavy atom. The van der Waals surface area contributed by atoms with Crippen LogP contribution in [0.2, 0.25) is 0 Å². The highest BCUT2D eigenvalue weighted by Gasteiger charge is 2.32. The van der Waals surface area contributed by atoms with Gasteiger partial charge in [-0.1, -0.05) is 12.1 Å². The Morgan fingerprint density at radius 2 is 2.03 bits per heavy atom. The van der Waals surface area contributed by atoms with Crippen LogP contribution in [0.3, 0.4) is 0 Å². The number of carbonyl (C=O) groups is 2. The van der Waals surface area contributed by atoms with Crippen molar-refractivity contribution in [1.29, 1.82) is 5.26 Å². The van der Waals surface area contributed by atoms with Crippen LogP contribution in [0.1, 0.15) is 50.2 Å². The number of piperazine rings is 1. The molecule has 0 aromatic heterocycles. The number of benzene rings is 2. The highest BCUT2D eigenvalue weighted by Crippen LogP contribution is 2.28. The first-order valence-corrected chi connectivity index (χ1v) is 11.4. The Bertz CT molecular complexity index is 1130. The molecule has 2 heterocycles. The van der Waals surface area contributed by atoms with Crippen molar-refractivity contribution in [2.45, 2.75) is 45.3 Å². The van der Waals surface area contributed by atoms with E-state index < -0.39 is 0 Å². The quantitative estimate of drug-likeness (QED) is 0.699. The molecule has 1 saturated heterocycles. The Morgan fingerprint density at radius 3 is 2.84 bits per heavy atom. The lowest BCUT2D eigenvalue weighted by Crippen LogP contribution is -2.55. The first kappa shape index (κ1) is 20.7. The number of rotatable bonds is 4. The summed E-state index contributed by atoms with van der Waals surface area (Å²) >= 11 is 0. The van der Waals surface area contributed by atoms with Crippen molar-refractivity contribution in [2.75, 3.05) is 26.2 Å². The number of aryl methyl sites for hydroxylation is 1. The van der Waals surface area contributed by atoms with Crippen LogP contribution in [0.15, 0.2) is 30.3 Å². The van der Waals surface area contributed by atoms with Crippen LogP contribution in [0, 0.1) is 18.3 Å². The number of ether oxygens (including phenoxy) is 1. The van der Waals surface area contributed by atoms with Crippen molar-refractivity contribution >= 4 is 11.9 Å². The molecule has 2 aromatic rings. The van der Waals surface area contributed by atoms with Gasteiger partial charge in [-0.05, 0) is 73.1 Å². The van der Waals surface area contributed by atoms with E-state index >= 15 is 0 Å². The second-order valence-electron chi connectivity index (χ2n) is 9.06. The third kappa shape index (κ3) is 3.78. The highest BCUT2D eigenvalue weighted by atomic mass is 16.5. The van der Waals surface area contributed by atoms with E-state index in [-0.39, 0.29) is 17.9 Å². The number of cyclic esters (lactones) is 1. The molecule has 1 amide bonds. The number of esters is 1. The summed E-state index contributed by atoms with van der Waals surface area (Å²) in [5, 5.41) is 9.11. The summed E-state index contributed by atoms with van der Waals surface area (Å²) in [5.41, 5.74) is 7.29. The van der Waals surface area contributed by atoms with Gasteiger partial charge in [0, 0.05) is 31.2 Å². The molecule has 1 aliphatic carbocycles. The minimum atomic E-state index is -0.229. The summed E-state index contributed by atoms with van der Waals surface area (Å²) in [6.45, 7) is 5.36. The van der Waals surface area contributed by atoms with Crippen molar-refractivity contribution in [3.05, 3.63) is 69.3 Å². The Hall–Kier alpha value is -3.17.